The minimum atomic E-state index is 0.0598. The van der Waals surface area contributed by atoms with E-state index >= 15 is 0 Å². The summed E-state index contributed by atoms with van der Waals surface area (Å²) < 4.78 is 0. The Bertz CT molecular complexity index is 709. The average Bonchev–Trinajstić information content (AvgIpc) is 3.24. The molecule has 1 aromatic carbocycles. The molecule has 0 aliphatic carbocycles. The lowest BCUT2D eigenvalue weighted by molar-refractivity contribution is 0.216. The fourth-order valence-corrected chi connectivity index (χ4v) is 3.16. The van der Waals surface area contributed by atoms with Gasteiger partial charge in [-0.3, -0.25) is 15.0 Å². The van der Waals surface area contributed by atoms with Gasteiger partial charge in [-0.05, 0) is 24.1 Å². The number of carbonyl (C=O) groups is 1. The van der Waals surface area contributed by atoms with Gasteiger partial charge < -0.3 is 4.90 Å². The highest BCUT2D eigenvalue weighted by Crippen LogP contribution is 2.33. The predicted octanol–water partition coefficient (Wildman–Crippen LogP) is 2.54. The van der Waals surface area contributed by atoms with Crippen molar-refractivity contribution in [1.29, 1.82) is 0 Å². The highest BCUT2D eigenvalue weighted by atomic mass is 16.2. The Balaban J connectivity index is 1.52. The van der Waals surface area contributed by atoms with Crippen molar-refractivity contribution < 1.29 is 4.79 Å². The summed E-state index contributed by atoms with van der Waals surface area (Å²) in [6.07, 6.45) is 6.54. The molecule has 0 spiro atoms. The number of hydrogen-bond acceptors (Lipinski definition) is 3. The number of aromatic nitrogens is 2. The lowest BCUT2D eigenvalue weighted by Crippen LogP contribution is -2.43. The molecule has 0 radical (unpaired) electrons. The van der Waals surface area contributed by atoms with Crippen LogP contribution in [0.4, 0.5) is 16.2 Å². The smallest absolute Gasteiger partial charge is 0.324 e. The van der Waals surface area contributed by atoms with Crippen LogP contribution < -0.4 is 4.90 Å². The molecule has 0 bridgehead atoms. The van der Waals surface area contributed by atoms with Crippen molar-refractivity contribution >= 4 is 23.6 Å². The van der Waals surface area contributed by atoms with E-state index in [4.69, 9.17) is 0 Å². The van der Waals surface area contributed by atoms with E-state index in [1.54, 1.807) is 11.1 Å². The number of likely N-dealkylation sites (tertiary alicyclic amines) is 1. The number of benzene rings is 1. The van der Waals surface area contributed by atoms with E-state index < -0.39 is 0 Å². The lowest BCUT2D eigenvalue weighted by atomic mass is 10.0. The number of nitrogens with one attached hydrogen (secondary N) is 1. The van der Waals surface area contributed by atoms with Crippen molar-refractivity contribution in [3.8, 4) is 0 Å². The van der Waals surface area contributed by atoms with Crippen molar-refractivity contribution in [2.75, 3.05) is 24.5 Å². The number of urea groups is 1. The van der Waals surface area contributed by atoms with E-state index in [2.05, 4.69) is 15.2 Å². The largest absolute Gasteiger partial charge is 0.324 e. The second kappa shape index (κ2) is 5.29. The maximum Gasteiger partial charge on any atom is 0.324 e. The van der Waals surface area contributed by atoms with Crippen LogP contribution in [0, 0.1) is 0 Å². The number of nitrogens with zero attached hydrogens (tertiary/aromatic N) is 4. The van der Waals surface area contributed by atoms with Crippen LogP contribution >= 0.6 is 0 Å². The highest BCUT2D eigenvalue weighted by molar-refractivity contribution is 6.00. The molecule has 22 heavy (non-hydrogen) atoms. The van der Waals surface area contributed by atoms with Crippen molar-refractivity contribution in [2.24, 2.45) is 4.99 Å². The fourth-order valence-electron chi connectivity index (χ4n) is 3.16. The van der Waals surface area contributed by atoms with E-state index in [-0.39, 0.29) is 6.03 Å². The van der Waals surface area contributed by atoms with Gasteiger partial charge in [-0.1, -0.05) is 12.1 Å². The van der Waals surface area contributed by atoms with Crippen LogP contribution in [0.5, 0.6) is 0 Å². The minimum absolute atomic E-state index is 0.0598. The van der Waals surface area contributed by atoms with E-state index in [0.717, 1.165) is 30.9 Å². The summed E-state index contributed by atoms with van der Waals surface area (Å²) >= 11 is 0. The van der Waals surface area contributed by atoms with Gasteiger partial charge in [-0.25, -0.2) is 4.79 Å². The first-order valence-corrected chi connectivity index (χ1v) is 7.49. The first-order valence-electron chi connectivity index (χ1n) is 7.49. The van der Waals surface area contributed by atoms with E-state index in [1.165, 1.54) is 5.56 Å². The Morgan fingerprint density at radius 2 is 2.23 bits per heavy atom. The number of rotatable bonds is 1. The molecule has 2 amide bonds. The summed E-state index contributed by atoms with van der Waals surface area (Å²) in [6, 6.07) is 7.83. The normalized spacial score (nSPS) is 20.3. The molecular weight excluding hydrogens is 278 g/mol. The van der Waals surface area contributed by atoms with E-state index in [0.29, 0.717) is 12.5 Å². The molecule has 1 unspecified atom stereocenters. The van der Waals surface area contributed by atoms with E-state index in [1.807, 2.05) is 41.6 Å². The second-order valence-corrected chi connectivity index (χ2v) is 5.66. The van der Waals surface area contributed by atoms with Crippen LogP contribution in [0.15, 0.2) is 41.7 Å². The molecule has 6 nitrogen and oxygen atoms in total. The molecule has 1 N–H and O–H groups in total. The van der Waals surface area contributed by atoms with Crippen LogP contribution in [0.1, 0.15) is 17.9 Å². The number of carbonyl (C=O) groups excluding carboxylic acids is 1. The molecule has 1 aromatic heterocycles. The number of hydrogen-bond donors (Lipinski definition) is 1. The fraction of sp³-hybridized carbons (Fsp3) is 0.312. The molecule has 2 aliphatic rings. The number of aromatic amines is 1. The van der Waals surface area contributed by atoms with Crippen LogP contribution in [0.3, 0.4) is 0 Å². The third kappa shape index (κ3) is 2.16. The summed E-state index contributed by atoms with van der Waals surface area (Å²) in [4.78, 5) is 20.9. The Morgan fingerprint density at radius 3 is 3.09 bits per heavy atom. The van der Waals surface area contributed by atoms with Crippen LogP contribution in [-0.4, -0.2) is 47.0 Å². The molecule has 4 rings (SSSR count). The quantitative estimate of drug-likeness (QED) is 0.878. The SMILES string of the molecule is O=C(N1CCC(c2cn[nH]c2)C1)N1CC=Nc2ccccc21. The van der Waals surface area contributed by atoms with Gasteiger partial charge in [0.1, 0.15) is 0 Å². The summed E-state index contributed by atoms with van der Waals surface area (Å²) in [6.45, 7) is 2.06. The third-order valence-electron chi connectivity index (χ3n) is 4.35. The Morgan fingerprint density at radius 1 is 1.32 bits per heavy atom. The number of fused-ring (bicyclic) bond motifs is 1. The van der Waals surface area contributed by atoms with Crippen LogP contribution in [0.25, 0.3) is 0 Å². The molecule has 112 valence electrons. The summed E-state index contributed by atoms with van der Waals surface area (Å²) in [5.41, 5.74) is 2.92. The van der Waals surface area contributed by atoms with Gasteiger partial charge in [-0.2, -0.15) is 5.10 Å². The number of amides is 2. The van der Waals surface area contributed by atoms with Gasteiger partial charge in [-0.15, -0.1) is 0 Å². The monoisotopic (exact) mass is 295 g/mol. The number of H-pyrrole nitrogens is 1. The van der Waals surface area contributed by atoms with E-state index in [9.17, 15) is 4.79 Å². The zero-order valence-electron chi connectivity index (χ0n) is 12.1. The molecule has 1 atom stereocenters. The van der Waals surface area contributed by atoms with Crippen molar-refractivity contribution in [3.05, 3.63) is 42.2 Å². The van der Waals surface area contributed by atoms with Crippen molar-refractivity contribution in [2.45, 2.75) is 12.3 Å². The number of aliphatic imine (C=N–C) groups is 1. The topological polar surface area (TPSA) is 64.6 Å². The van der Waals surface area contributed by atoms with Gasteiger partial charge in [0.05, 0.1) is 24.1 Å². The zero-order valence-corrected chi connectivity index (χ0v) is 12.1. The minimum Gasteiger partial charge on any atom is -0.324 e. The van der Waals surface area contributed by atoms with Gasteiger partial charge in [0, 0.05) is 31.4 Å². The Kier molecular flexibility index (Phi) is 3.14. The van der Waals surface area contributed by atoms with Gasteiger partial charge in [0.25, 0.3) is 0 Å². The van der Waals surface area contributed by atoms with Crippen LogP contribution in [-0.2, 0) is 0 Å². The maximum absolute atomic E-state index is 12.8. The predicted molar refractivity (Wildman–Crippen MR) is 84.9 cm³/mol. The molecule has 1 saturated heterocycles. The van der Waals surface area contributed by atoms with Crippen molar-refractivity contribution in [3.63, 3.8) is 0 Å². The summed E-state index contributed by atoms with van der Waals surface area (Å²) in [7, 11) is 0. The first-order chi connectivity index (χ1) is 10.8. The standard InChI is InChI=1S/C16H17N5O/c22-16(20-7-5-12(11-20)13-9-18-19-10-13)21-8-6-17-14-3-1-2-4-15(14)21/h1-4,6,9-10,12H,5,7-8,11H2,(H,18,19). The van der Waals surface area contributed by atoms with Crippen molar-refractivity contribution in [1.82, 2.24) is 15.1 Å². The number of anilines is 1. The third-order valence-corrected chi connectivity index (χ3v) is 4.35. The molecular formula is C16H17N5O. The zero-order chi connectivity index (χ0) is 14.9. The Hall–Kier alpha value is -2.63. The summed E-state index contributed by atoms with van der Waals surface area (Å²) in [5, 5.41) is 6.85. The van der Waals surface area contributed by atoms with Gasteiger partial charge in [0.15, 0.2) is 0 Å². The molecule has 2 aromatic rings. The van der Waals surface area contributed by atoms with Gasteiger partial charge in [0.2, 0.25) is 0 Å². The maximum atomic E-state index is 12.8. The molecule has 3 heterocycles. The summed E-state index contributed by atoms with van der Waals surface area (Å²) in [5.74, 6) is 0.372. The lowest BCUT2D eigenvalue weighted by Gasteiger charge is -2.29. The molecule has 0 saturated carbocycles. The second-order valence-electron chi connectivity index (χ2n) is 5.66. The van der Waals surface area contributed by atoms with Crippen LogP contribution in [0.2, 0.25) is 0 Å². The molecule has 1 fully saturated rings. The first kappa shape index (κ1) is 13.1. The molecule has 6 heteroatoms. The average molecular weight is 295 g/mol. The highest BCUT2D eigenvalue weighted by Gasteiger charge is 2.32. The Labute approximate surface area is 128 Å². The van der Waals surface area contributed by atoms with Gasteiger partial charge >= 0.3 is 6.03 Å². The number of para-hydroxylation sites is 2. The molecule has 2 aliphatic heterocycles.